The SMILES string of the molecule is COc1ccc(CCNC(=O)C(C)N2c3cccc4cccc(c34)S2(=O)=O)cc1. The van der Waals surface area contributed by atoms with Gasteiger partial charge >= 0.3 is 0 Å². The van der Waals surface area contributed by atoms with Crippen molar-refractivity contribution in [2.75, 3.05) is 18.0 Å². The Morgan fingerprint density at radius 1 is 1.07 bits per heavy atom. The van der Waals surface area contributed by atoms with E-state index >= 15 is 0 Å². The minimum Gasteiger partial charge on any atom is -0.497 e. The molecule has 1 unspecified atom stereocenters. The number of amides is 1. The van der Waals surface area contributed by atoms with Gasteiger partial charge in [-0.05, 0) is 48.6 Å². The Morgan fingerprint density at radius 2 is 1.76 bits per heavy atom. The number of carbonyl (C=O) groups is 1. The molecule has 4 rings (SSSR count). The molecule has 0 spiro atoms. The molecular formula is C22H22N2O4S. The lowest BCUT2D eigenvalue weighted by molar-refractivity contribution is -0.121. The van der Waals surface area contributed by atoms with E-state index < -0.39 is 16.1 Å². The van der Waals surface area contributed by atoms with Crippen LogP contribution in [-0.4, -0.2) is 34.0 Å². The second-order valence-electron chi connectivity index (χ2n) is 7.00. The van der Waals surface area contributed by atoms with Gasteiger partial charge in [-0.15, -0.1) is 0 Å². The highest BCUT2D eigenvalue weighted by Crippen LogP contribution is 2.43. The summed E-state index contributed by atoms with van der Waals surface area (Å²) in [7, 11) is -2.16. The van der Waals surface area contributed by atoms with Gasteiger partial charge in [0.15, 0.2) is 0 Å². The van der Waals surface area contributed by atoms with Crippen LogP contribution in [0.3, 0.4) is 0 Å². The quantitative estimate of drug-likeness (QED) is 0.678. The topological polar surface area (TPSA) is 75.7 Å². The number of carbonyl (C=O) groups excluding carboxylic acids is 1. The van der Waals surface area contributed by atoms with Crippen LogP contribution >= 0.6 is 0 Å². The first-order chi connectivity index (χ1) is 13.9. The number of nitrogens with zero attached hydrogens (tertiary/aromatic N) is 1. The van der Waals surface area contributed by atoms with E-state index in [9.17, 15) is 13.2 Å². The maximum absolute atomic E-state index is 13.1. The van der Waals surface area contributed by atoms with Crippen molar-refractivity contribution in [3.8, 4) is 5.75 Å². The summed E-state index contributed by atoms with van der Waals surface area (Å²) in [5.41, 5.74) is 1.61. The summed E-state index contributed by atoms with van der Waals surface area (Å²) < 4.78 is 32.6. The van der Waals surface area contributed by atoms with E-state index in [1.54, 1.807) is 32.2 Å². The highest BCUT2D eigenvalue weighted by Gasteiger charge is 2.40. The van der Waals surface area contributed by atoms with Gasteiger partial charge in [0.2, 0.25) is 5.91 Å². The second-order valence-corrected chi connectivity index (χ2v) is 8.78. The predicted molar refractivity (Wildman–Crippen MR) is 113 cm³/mol. The van der Waals surface area contributed by atoms with Crippen LogP contribution in [0.25, 0.3) is 10.8 Å². The third-order valence-corrected chi connectivity index (χ3v) is 7.15. The van der Waals surface area contributed by atoms with Gasteiger partial charge in [-0.1, -0.05) is 36.4 Å². The van der Waals surface area contributed by atoms with Crippen molar-refractivity contribution in [2.45, 2.75) is 24.3 Å². The van der Waals surface area contributed by atoms with Gasteiger partial charge in [-0.25, -0.2) is 8.42 Å². The summed E-state index contributed by atoms with van der Waals surface area (Å²) in [6.07, 6.45) is 0.644. The Balaban J connectivity index is 1.50. The minimum absolute atomic E-state index is 0.253. The maximum Gasteiger partial charge on any atom is 0.265 e. The van der Waals surface area contributed by atoms with Crippen molar-refractivity contribution in [3.63, 3.8) is 0 Å². The van der Waals surface area contributed by atoms with E-state index in [2.05, 4.69) is 5.32 Å². The standard InChI is InChI=1S/C22H22N2O4S/c1-15(22(25)23-14-13-16-9-11-18(28-2)12-10-16)24-19-7-3-5-17-6-4-8-20(21(17)19)29(24,26)27/h3-12,15H,13-14H2,1-2H3,(H,23,25). The lowest BCUT2D eigenvalue weighted by atomic mass is 10.1. The van der Waals surface area contributed by atoms with Crippen LogP contribution < -0.4 is 14.4 Å². The second kappa shape index (κ2) is 7.40. The average Bonchev–Trinajstić information content (AvgIpc) is 2.96. The minimum atomic E-state index is -3.77. The summed E-state index contributed by atoms with van der Waals surface area (Å²) >= 11 is 0. The summed E-state index contributed by atoms with van der Waals surface area (Å²) in [5, 5.41) is 4.38. The van der Waals surface area contributed by atoms with E-state index in [1.807, 2.05) is 42.5 Å². The normalized spacial score (nSPS) is 15.3. The van der Waals surface area contributed by atoms with E-state index in [1.165, 1.54) is 4.31 Å². The van der Waals surface area contributed by atoms with Crippen LogP contribution in [0.15, 0.2) is 65.6 Å². The number of hydrogen-bond donors (Lipinski definition) is 1. The first-order valence-corrected chi connectivity index (χ1v) is 10.8. The number of hydrogen-bond acceptors (Lipinski definition) is 4. The Kier molecular flexibility index (Phi) is 4.92. The molecular weight excluding hydrogens is 388 g/mol. The molecule has 3 aromatic carbocycles. The Bertz CT molecular complexity index is 1170. The molecule has 150 valence electrons. The molecule has 1 amide bonds. The predicted octanol–water partition coefficient (Wildman–Crippen LogP) is 3.10. The third kappa shape index (κ3) is 3.31. The van der Waals surface area contributed by atoms with E-state index in [-0.39, 0.29) is 10.8 Å². The summed E-state index contributed by atoms with van der Waals surface area (Å²) in [6.45, 7) is 2.03. The van der Waals surface area contributed by atoms with Crippen molar-refractivity contribution >= 4 is 32.4 Å². The molecule has 0 aliphatic carbocycles. The number of benzene rings is 3. The molecule has 1 aliphatic heterocycles. The van der Waals surface area contributed by atoms with Gasteiger partial charge in [0, 0.05) is 11.9 Å². The van der Waals surface area contributed by atoms with Crippen LogP contribution in [0.1, 0.15) is 12.5 Å². The smallest absolute Gasteiger partial charge is 0.265 e. The van der Waals surface area contributed by atoms with Gasteiger partial charge in [0.1, 0.15) is 11.8 Å². The van der Waals surface area contributed by atoms with E-state index in [4.69, 9.17) is 4.74 Å². The van der Waals surface area contributed by atoms with Crippen molar-refractivity contribution in [1.82, 2.24) is 5.32 Å². The molecule has 1 aliphatic rings. The molecule has 1 N–H and O–H groups in total. The van der Waals surface area contributed by atoms with Crippen molar-refractivity contribution in [2.24, 2.45) is 0 Å². The number of sulfonamides is 1. The van der Waals surface area contributed by atoms with Crippen LogP contribution in [0.2, 0.25) is 0 Å². The first-order valence-electron chi connectivity index (χ1n) is 9.40. The molecule has 7 heteroatoms. The lowest BCUT2D eigenvalue weighted by Crippen LogP contribution is -2.47. The van der Waals surface area contributed by atoms with Gasteiger partial charge in [-0.2, -0.15) is 0 Å². The summed E-state index contributed by atoms with van der Waals surface area (Å²) in [4.78, 5) is 13.0. The zero-order valence-electron chi connectivity index (χ0n) is 16.3. The van der Waals surface area contributed by atoms with Gasteiger partial charge < -0.3 is 10.1 Å². The molecule has 0 radical (unpaired) electrons. The van der Waals surface area contributed by atoms with Crippen LogP contribution in [0.4, 0.5) is 5.69 Å². The van der Waals surface area contributed by atoms with Crippen molar-refractivity contribution in [1.29, 1.82) is 0 Å². The molecule has 6 nitrogen and oxygen atoms in total. The van der Waals surface area contributed by atoms with Crippen LogP contribution in [-0.2, 0) is 21.2 Å². The molecule has 0 aromatic heterocycles. The average molecular weight is 410 g/mol. The number of rotatable bonds is 6. The Labute approximate surface area is 170 Å². The maximum atomic E-state index is 13.1. The Hall–Kier alpha value is -3.06. The van der Waals surface area contributed by atoms with Crippen LogP contribution in [0.5, 0.6) is 5.75 Å². The van der Waals surface area contributed by atoms with Crippen molar-refractivity contribution < 1.29 is 17.9 Å². The van der Waals surface area contributed by atoms with Crippen LogP contribution in [0, 0.1) is 0 Å². The van der Waals surface area contributed by atoms with E-state index in [0.29, 0.717) is 24.0 Å². The van der Waals surface area contributed by atoms with E-state index in [0.717, 1.165) is 16.7 Å². The monoisotopic (exact) mass is 410 g/mol. The molecule has 0 fully saturated rings. The number of nitrogens with one attached hydrogen (secondary N) is 1. The van der Waals surface area contributed by atoms with Crippen molar-refractivity contribution in [3.05, 3.63) is 66.2 Å². The largest absolute Gasteiger partial charge is 0.497 e. The highest BCUT2D eigenvalue weighted by molar-refractivity contribution is 7.93. The van der Waals surface area contributed by atoms with Gasteiger partial charge in [0.25, 0.3) is 10.0 Å². The lowest BCUT2D eigenvalue weighted by Gasteiger charge is -2.25. The number of methoxy groups -OCH3 is 1. The van der Waals surface area contributed by atoms with Gasteiger partial charge in [-0.3, -0.25) is 9.10 Å². The third-order valence-electron chi connectivity index (χ3n) is 5.22. The summed E-state index contributed by atoms with van der Waals surface area (Å²) in [5.74, 6) is 0.450. The first kappa shape index (κ1) is 19.3. The molecule has 0 saturated heterocycles. The highest BCUT2D eigenvalue weighted by atomic mass is 32.2. The molecule has 29 heavy (non-hydrogen) atoms. The fraction of sp³-hybridized carbons (Fsp3) is 0.227. The molecule has 0 saturated carbocycles. The molecule has 3 aromatic rings. The van der Waals surface area contributed by atoms with Gasteiger partial charge in [0.05, 0.1) is 17.7 Å². The molecule has 0 bridgehead atoms. The number of ether oxygens (including phenoxy) is 1. The fourth-order valence-corrected chi connectivity index (χ4v) is 5.58. The molecule has 1 heterocycles. The Morgan fingerprint density at radius 3 is 2.45 bits per heavy atom. The fourth-order valence-electron chi connectivity index (χ4n) is 3.71. The molecule has 1 atom stereocenters. The zero-order valence-corrected chi connectivity index (χ0v) is 17.1. The zero-order chi connectivity index (χ0) is 20.6. The number of anilines is 1. The summed E-state index contributed by atoms with van der Waals surface area (Å²) in [6, 6.07) is 17.4.